The van der Waals surface area contributed by atoms with Crippen LogP contribution in [0.1, 0.15) is 24.1 Å². The van der Waals surface area contributed by atoms with Crippen LogP contribution >= 0.6 is 0 Å². The van der Waals surface area contributed by atoms with Crippen molar-refractivity contribution < 1.29 is 0 Å². The van der Waals surface area contributed by atoms with Crippen molar-refractivity contribution in [3.63, 3.8) is 0 Å². The molecule has 1 atom stereocenters. The maximum Gasteiger partial charge on any atom is 0.0991 e. The number of fused-ring (bicyclic) bond motifs is 1. The van der Waals surface area contributed by atoms with E-state index in [1.54, 1.807) is 0 Å². The molecular formula is C25H20N2. The van der Waals surface area contributed by atoms with Gasteiger partial charge in [0.15, 0.2) is 0 Å². The summed E-state index contributed by atoms with van der Waals surface area (Å²) in [6.45, 7) is 1.99. The minimum Gasteiger partial charge on any atom is -0.324 e. The molecule has 0 fully saturated rings. The van der Waals surface area contributed by atoms with Gasteiger partial charge in [0, 0.05) is 6.04 Å². The summed E-state index contributed by atoms with van der Waals surface area (Å²) in [7, 11) is 0. The molecule has 4 aromatic carbocycles. The molecule has 0 aliphatic heterocycles. The fourth-order valence-electron chi connectivity index (χ4n) is 3.35. The van der Waals surface area contributed by atoms with Crippen molar-refractivity contribution in [2.24, 2.45) is 5.73 Å². The summed E-state index contributed by atoms with van der Waals surface area (Å²) in [6.07, 6.45) is 0. The van der Waals surface area contributed by atoms with Gasteiger partial charge < -0.3 is 5.73 Å². The van der Waals surface area contributed by atoms with Crippen molar-refractivity contribution >= 4 is 10.8 Å². The molecule has 0 saturated carbocycles. The first-order valence-electron chi connectivity index (χ1n) is 9.04. The normalized spacial score (nSPS) is 11.9. The largest absolute Gasteiger partial charge is 0.324 e. The Morgan fingerprint density at radius 3 is 1.93 bits per heavy atom. The lowest BCUT2D eigenvalue weighted by atomic mass is 9.96. The molecule has 0 amide bonds. The minimum atomic E-state index is 0.0439. The molecule has 130 valence electrons. The summed E-state index contributed by atoms with van der Waals surface area (Å²) in [5.74, 6) is 0. The van der Waals surface area contributed by atoms with E-state index in [4.69, 9.17) is 11.0 Å². The average Bonchev–Trinajstić information content (AvgIpc) is 2.73. The molecule has 1 unspecified atom stereocenters. The van der Waals surface area contributed by atoms with Crippen molar-refractivity contribution in [1.82, 2.24) is 0 Å². The second-order valence-corrected chi connectivity index (χ2v) is 6.88. The SMILES string of the molecule is CC(N)c1ccc(-c2ccc3ccc(-c4cccc(C#N)c4)cc3c2)cc1. The highest BCUT2D eigenvalue weighted by Crippen LogP contribution is 2.29. The molecule has 0 aliphatic carbocycles. The zero-order chi connectivity index (χ0) is 18.8. The third kappa shape index (κ3) is 3.46. The van der Waals surface area contributed by atoms with Gasteiger partial charge in [0.25, 0.3) is 0 Å². The first-order chi connectivity index (χ1) is 13.1. The van der Waals surface area contributed by atoms with Crippen LogP contribution < -0.4 is 5.73 Å². The monoisotopic (exact) mass is 348 g/mol. The zero-order valence-electron chi connectivity index (χ0n) is 15.2. The highest BCUT2D eigenvalue weighted by atomic mass is 14.6. The first kappa shape index (κ1) is 17.0. The smallest absolute Gasteiger partial charge is 0.0991 e. The third-order valence-electron chi connectivity index (χ3n) is 4.94. The predicted octanol–water partition coefficient (Wildman–Crippen LogP) is 6.07. The second kappa shape index (κ2) is 7.07. The lowest BCUT2D eigenvalue weighted by molar-refractivity contribution is 0.818. The zero-order valence-corrected chi connectivity index (χ0v) is 15.2. The van der Waals surface area contributed by atoms with E-state index in [0.717, 1.165) is 16.7 Å². The van der Waals surface area contributed by atoms with Crippen LogP contribution in [0.2, 0.25) is 0 Å². The molecule has 0 bridgehead atoms. The van der Waals surface area contributed by atoms with Crippen LogP contribution in [0.3, 0.4) is 0 Å². The highest BCUT2D eigenvalue weighted by Gasteiger charge is 2.05. The molecule has 27 heavy (non-hydrogen) atoms. The number of hydrogen-bond donors (Lipinski definition) is 1. The van der Waals surface area contributed by atoms with E-state index in [1.165, 1.54) is 21.9 Å². The van der Waals surface area contributed by atoms with Crippen molar-refractivity contribution in [1.29, 1.82) is 5.26 Å². The molecule has 0 aromatic heterocycles. The minimum absolute atomic E-state index is 0.0439. The lowest BCUT2D eigenvalue weighted by Crippen LogP contribution is -2.04. The van der Waals surface area contributed by atoms with Crippen LogP contribution in [0.15, 0.2) is 84.9 Å². The number of benzene rings is 4. The van der Waals surface area contributed by atoms with E-state index >= 15 is 0 Å². The molecule has 0 saturated heterocycles. The van der Waals surface area contributed by atoms with Gasteiger partial charge in [-0.25, -0.2) is 0 Å². The Labute approximate surface area is 159 Å². The fraction of sp³-hybridized carbons (Fsp3) is 0.0800. The van der Waals surface area contributed by atoms with Crippen molar-refractivity contribution in [3.05, 3.63) is 96.1 Å². The van der Waals surface area contributed by atoms with Gasteiger partial charge in [-0.05, 0) is 69.8 Å². The Hall–Kier alpha value is -3.41. The van der Waals surface area contributed by atoms with E-state index < -0.39 is 0 Å². The molecule has 0 spiro atoms. The molecule has 0 radical (unpaired) electrons. The van der Waals surface area contributed by atoms with Crippen LogP contribution in [0.4, 0.5) is 0 Å². The summed E-state index contributed by atoms with van der Waals surface area (Å²) in [5.41, 5.74) is 12.3. The van der Waals surface area contributed by atoms with Gasteiger partial charge in [-0.15, -0.1) is 0 Å². The number of nitriles is 1. The van der Waals surface area contributed by atoms with E-state index in [1.807, 2.05) is 31.2 Å². The molecule has 4 rings (SSSR count). The summed E-state index contributed by atoms with van der Waals surface area (Å²) >= 11 is 0. The fourth-order valence-corrected chi connectivity index (χ4v) is 3.35. The quantitative estimate of drug-likeness (QED) is 0.489. The Morgan fingerprint density at radius 1 is 0.704 bits per heavy atom. The van der Waals surface area contributed by atoms with Gasteiger partial charge in [0.1, 0.15) is 0 Å². The molecule has 4 aromatic rings. The van der Waals surface area contributed by atoms with Gasteiger partial charge in [-0.3, -0.25) is 0 Å². The van der Waals surface area contributed by atoms with Crippen LogP contribution in [-0.4, -0.2) is 0 Å². The summed E-state index contributed by atoms with van der Waals surface area (Å²) < 4.78 is 0. The molecule has 2 nitrogen and oxygen atoms in total. The molecular weight excluding hydrogens is 328 g/mol. The van der Waals surface area contributed by atoms with Gasteiger partial charge in [-0.1, -0.05) is 60.7 Å². The van der Waals surface area contributed by atoms with Crippen LogP contribution in [0, 0.1) is 11.3 Å². The molecule has 0 aliphatic rings. The van der Waals surface area contributed by atoms with E-state index in [-0.39, 0.29) is 6.04 Å². The number of nitrogens with zero attached hydrogens (tertiary/aromatic N) is 1. The van der Waals surface area contributed by atoms with Gasteiger partial charge >= 0.3 is 0 Å². The standard InChI is InChI=1S/C25H20N2/c1-17(27)19-5-7-20(8-6-19)23-11-9-21-10-12-24(15-25(21)14-23)22-4-2-3-18(13-22)16-26/h2-15,17H,27H2,1H3. The summed E-state index contributed by atoms with van der Waals surface area (Å²) in [5, 5.41) is 11.5. The van der Waals surface area contributed by atoms with Crippen molar-refractivity contribution in [2.75, 3.05) is 0 Å². The van der Waals surface area contributed by atoms with Crippen molar-refractivity contribution in [3.8, 4) is 28.3 Å². The molecule has 0 heterocycles. The van der Waals surface area contributed by atoms with Crippen molar-refractivity contribution in [2.45, 2.75) is 13.0 Å². The Morgan fingerprint density at radius 2 is 1.30 bits per heavy atom. The maximum absolute atomic E-state index is 9.14. The lowest BCUT2D eigenvalue weighted by Gasteiger charge is -2.09. The Kier molecular flexibility index (Phi) is 4.46. The topological polar surface area (TPSA) is 49.8 Å². The molecule has 2 N–H and O–H groups in total. The van der Waals surface area contributed by atoms with Crippen LogP contribution in [0.25, 0.3) is 33.0 Å². The van der Waals surface area contributed by atoms with Crippen LogP contribution in [0.5, 0.6) is 0 Å². The molecule has 2 heteroatoms. The van der Waals surface area contributed by atoms with Gasteiger partial charge in [0.05, 0.1) is 11.6 Å². The number of hydrogen-bond acceptors (Lipinski definition) is 2. The predicted molar refractivity (Wildman–Crippen MR) is 112 cm³/mol. The van der Waals surface area contributed by atoms with E-state index in [2.05, 4.69) is 66.7 Å². The number of nitrogens with two attached hydrogens (primary N) is 1. The number of rotatable bonds is 3. The Balaban J connectivity index is 1.76. The maximum atomic E-state index is 9.14. The van der Waals surface area contributed by atoms with E-state index in [0.29, 0.717) is 5.56 Å². The average molecular weight is 348 g/mol. The van der Waals surface area contributed by atoms with Crippen LogP contribution in [-0.2, 0) is 0 Å². The Bertz CT molecular complexity index is 1150. The van der Waals surface area contributed by atoms with Gasteiger partial charge in [0.2, 0.25) is 0 Å². The van der Waals surface area contributed by atoms with E-state index in [9.17, 15) is 0 Å². The summed E-state index contributed by atoms with van der Waals surface area (Å²) in [4.78, 5) is 0. The second-order valence-electron chi connectivity index (χ2n) is 6.88. The van der Waals surface area contributed by atoms with Gasteiger partial charge in [-0.2, -0.15) is 5.26 Å². The highest BCUT2D eigenvalue weighted by molar-refractivity contribution is 5.91. The first-order valence-corrected chi connectivity index (χ1v) is 9.04. The third-order valence-corrected chi connectivity index (χ3v) is 4.94. The summed E-state index contributed by atoms with van der Waals surface area (Å²) in [6, 6.07) is 31.4.